The molecule has 3 heterocycles. The normalized spacial score (nSPS) is 14.8. The van der Waals surface area contributed by atoms with Gasteiger partial charge in [-0.05, 0) is 19.8 Å². The molecule has 0 atom stereocenters. The molecule has 1 aliphatic rings. The predicted molar refractivity (Wildman–Crippen MR) is 76.0 cm³/mol. The first-order chi connectivity index (χ1) is 10.2. The lowest BCUT2D eigenvalue weighted by Gasteiger charge is -2.17. The van der Waals surface area contributed by atoms with Crippen molar-refractivity contribution in [1.29, 1.82) is 0 Å². The second kappa shape index (κ2) is 5.63. The molecule has 2 aromatic rings. The van der Waals surface area contributed by atoms with Gasteiger partial charge in [0.2, 0.25) is 5.91 Å². The van der Waals surface area contributed by atoms with Gasteiger partial charge in [-0.1, -0.05) is 0 Å². The maximum Gasteiger partial charge on any atom is 0.355 e. The number of carbonyl (C=O) groups is 2. The average molecular weight is 290 g/mol. The highest BCUT2D eigenvalue weighted by Gasteiger charge is 2.23. The molecular weight excluding hydrogens is 272 g/mol. The Balaban J connectivity index is 1.91. The van der Waals surface area contributed by atoms with Crippen LogP contribution in [0.2, 0.25) is 0 Å². The fourth-order valence-corrected chi connectivity index (χ4v) is 2.72. The van der Waals surface area contributed by atoms with Crippen LogP contribution in [0.25, 0.3) is 11.1 Å². The molecule has 1 aliphatic heterocycles. The molecule has 0 saturated carbocycles. The van der Waals surface area contributed by atoms with E-state index in [4.69, 9.17) is 9.15 Å². The number of hydrogen-bond donors (Lipinski definition) is 0. The van der Waals surface area contributed by atoms with Crippen LogP contribution in [0.4, 0.5) is 0 Å². The van der Waals surface area contributed by atoms with Gasteiger partial charge in [0.15, 0.2) is 5.58 Å². The Morgan fingerprint density at radius 1 is 1.33 bits per heavy atom. The number of nitrogens with zero attached hydrogens (tertiary/aromatic N) is 2. The minimum atomic E-state index is -0.432. The van der Waals surface area contributed by atoms with Gasteiger partial charge in [0, 0.05) is 25.2 Å². The Hall–Kier alpha value is -2.24. The second-order valence-electron chi connectivity index (χ2n) is 5.09. The summed E-state index contributed by atoms with van der Waals surface area (Å²) in [4.78, 5) is 26.2. The van der Waals surface area contributed by atoms with E-state index in [0.717, 1.165) is 31.4 Å². The molecule has 112 valence electrons. The molecule has 21 heavy (non-hydrogen) atoms. The summed E-state index contributed by atoms with van der Waals surface area (Å²) in [5.41, 5.74) is 1.69. The number of rotatable bonds is 4. The summed E-state index contributed by atoms with van der Waals surface area (Å²) >= 11 is 0. The molecule has 6 nitrogen and oxygen atoms in total. The first kappa shape index (κ1) is 13.7. The molecule has 0 N–H and O–H groups in total. The maximum absolute atomic E-state index is 12.3. The van der Waals surface area contributed by atoms with Gasteiger partial charge in [0.25, 0.3) is 0 Å². The summed E-state index contributed by atoms with van der Waals surface area (Å²) in [7, 11) is 0. The third kappa shape index (κ3) is 2.53. The first-order valence-corrected chi connectivity index (χ1v) is 7.22. The van der Waals surface area contributed by atoms with Crippen LogP contribution in [0.5, 0.6) is 0 Å². The lowest BCUT2D eigenvalue weighted by Crippen LogP contribution is -2.31. The summed E-state index contributed by atoms with van der Waals surface area (Å²) in [6, 6.07) is 3.39. The Labute approximate surface area is 122 Å². The Morgan fingerprint density at radius 2 is 2.10 bits per heavy atom. The summed E-state index contributed by atoms with van der Waals surface area (Å²) in [6.45, 7) is 3.78. The summed E-state index contributed by atoms with van der Waals surface area (Å²) in [5.74, 6) is -0.408. The van der Waals surface area contributed by atoms with Gasteiger partial charge >= 0.3 is 5.97 Å². The molecule has 0 aliphatic carbocycles. The third-order valence-electron chi connectivity index (χ3n) is 3.76. The minimum Gasteiger partial charge on any atom is -0.463 e. The molecule has 0 radical (unpaired) electrons. The van der Waals surface area contributed by atoms with E-state index in [-0.39, 0.29) is 12.5 Å². The van der Waals surface area contributed by atoms with Crippen molar-refractivity contribution in [3.63, 3.8) is 0 Å². The monoisotopic (exact) mass is 290 g/mol. The largest absolute Gasteiger partial charge is 0.463 e. The molecule has 2 aromatic heterocycles. The number of esters is 1. The number of amides is 1. The molecular formula is C15H18N2O4. The highest BCUT2D eigenvalue weighted by Crippen LogP contribution is 2.22. The fourth-order valence-electron chi connectivity index (χ4n) is 2.72. The summed E-state index contributed by atoms with van der Waals surface area (Å²) < 4.78 is 12.0. The van der Waals surface area contributed by atoms with Gasteiger partial charge < -0.3 is 18.6 Å². The van der Waals surface area contributed by atoms with E-state index in [1.54, 1.807) is 29.9 Å². The maximum atomic E-state index is 12.3. The molecule has 0 spiro atoms. The third-order valence-corrected chi connectivity index (χ3v) is 3.76. The smallest absolute Gasteiger partial charge is 0.355 e. The molecule has 1 fully saturated rings. The average Bonchev–Trinajstić information content (AvgIpc) is 3.16. The van der Waals surface area contributed by atoms with Gasteiger partial charge in [-0.2, -0.15) is 0 Å². The minimum absolute atomic E-state index is 0.0248. The van der Waals surface area contributed by atoms with Crippen LogP contribution < -0.4 is 0 Å². The van der Waals surface area contributed by atoms with Crippen molar-refractivity contribution in [2.45, 2.75) is 26.3 Å². The van der Waals surface area contributed by atoms with Crippen molar-refractivity contribution in [2.75, 3.05) is 19.7 Å². The second-order valence-corrected chi connectivity index (χ2v) is 5.09. The Morgan fingerprint density at radius 3 is 2.81 bits per heavy atom. The lowest BCUT2D eigenvalue weighted by atomic mass is 10.4. The van der Waals surface area contributed by atoms with Crippen LogP contribution in [0.3, 0.4) is 0 Å². The van der Waals surface area contributed by atoms with E-state index in [1.165, 1.54) is 0 Å². The number of furan rings is 1. The standard InChI is InChI=1S/C15H18N2O4/c1-2-20-15(19)12-9-13-11(5-8-21-13)17(12)10-14(18)16-6-3-4-7-16/h5,8-9H,2-4,6-7,10H2,1H3. The van der Waals surface area contributed by atoms with Gasteiger partial charge in [0.05, 0.1) is 18.4 Å². The van der Waals surface area contributed by atoms with Crippen molar-refractivity contribution in [3.8, 4) is 0 Å². The highest BCUT2D eigenvalue weighted by molar-refractivity contribution is 5.95. The van der Waals surface area contributed by atoms with Crippen molar-refractivity contribution >= 4 is 23.0 Å². The van der Waals surface area contributed by atoms with Crippen molar-refractivity contribution in [1.82, 2.24) is 9.47 Å². The lowest BCUT2D eigenvalue weighted by molar-refractivity contribution is -0.130. The topological polar surface area (TPSA) is 64.7 Å². The van der Waals surface area contributed by atoms with E-state index in [0.29, 0.717) is 17.9 Å². The number of aromatic nitrogens is 1. The Bertz CT molecular complexity index is 664. The van der Waals surface area contributed by atoms with Gasteiger partial charge in [-0.3, -0.25) is 4.79 Å². The van der Waals surface area contributed by atoms with Crippen LogP contribution in [-0.4, -0.2) is 41.0 Å². The number of likely N-dealkylation sites (tertiary alicyclic amines) is 1. The predicted octanol–water partition coefficient (Wildman–Crippen LogP) is 2.03. The zero-order chi connectivity index (χ0) is 14.8. The quantitative estimate of drug-likeness (QED) is 0.808. The first-order valence-electron chi connectivity index (χ1n) is 7.22. The molecule has 0 bridgehead atoms. The van der Waals surface area contributed by atoms with Gasteiger partial charge in [-0.25, -0.2) is 4.79 Å². The number of fused-ring (bicyclic) bond motifs is 1. The highest BCUT2D eigenvalue weighted by atomic mass is 16.5. The molecule has 0 aromatic carbocycles. The number of hydrogen-bond acceptors (Lipinski definition) is 4. The van der Waals surface area contributed by atoms with Crippen molar-refractivity contribution in [2.24, 2.45) is 0 Å². The van der Waals surface area contributed by atoms with Crippen LogP contribution in [0.1, 0.15) is 30.3 Å². The summed E-state index contributed by atoms with van der Waals surface area (Å²) in [6.07, 6.45) is 3.64. The molecule has 6 heteroatoms. The SMILES string of the molecule is CCOC(=O)c1cc2occc2n1CC(=O)N1CCCC1. The molecule has 1 amide bonds. The van der Waals surface area contributed by atoms with E-state index >= 15 is 0 Å². The van der Waals surface area contributed by atoms with E-state index in [9.17, 15) is 9.59 Å². The molecule has 0 unspecified atom stereocenters. The van der Waals surface area contributed by atoms with E-state index < -0.39 is 5.97 Å². The zero-order valence-corrected chi connectivity index (χ0v) is 12.0. The summed E-state index contributed by atoms with van der Waals surface area (Å²) in [5, 5.41) is 0. The van der Waals surface area contributed by atoms with Crippen molar-refractivity contribution in [3.05, 3.63) is 24.1 Å². The van der Waals surface area contributed by atoms with E-state index in [2.05, 4.69) is 0 Å². The zero-order valence-electron chi connectivity index (χ0n) is 12.0. The molecule has 1 saturated heterocycles. The van der Waals surface area contributed by atoms with Crippen molar-refractivity contribution < 1.29 is 18.7 Å². The van der Waals surface area contributed by atoms with Crippen LogP contribution in [-0.2, 0) is 16.1 Å². The van der Waals surface area contributed by atoms with Crippen LogP contribution >= 0.6 is 0 Å². The molecule has 3 rings (SSSR count). The van der Waals surface area contributed by atoms with E-state index in [1.807, 2.05) is 4.90 Å². The van der Waals surface area contributed by atoms with Gasteiger partial charge in [-0.15, -0.1) is 0 Å². The number of ether oxygens (including phenoxy) is 1. The number of carbonyl (C=O) groups excluding carboxylic acids is 2. The Kier molecular flexibility index (Phi) is 3.68. The fraction of sp³-hybridized carbons (Fsp3) is 0.467. The van der Waals surface area contributed by atoms with Gasteiger partial charge in [0.1, 0.15) is 12.2 Å². The van der Waals surface area contributed by atoms with Crippen LogP contribution in [0.15, 0.2) is 22.8 Å². The van der Waals surface area contributed by atoms with Crippen LogP contribution in [0, 0.1) is 0 Å².